The van der Waals surface area contributed by atoms with Gasteiger partial charge in [0.2, 0.25) is 11.0 Å². The number of carbonyl (C=O) groups is 1. The van der Waals surface area contributed by atoms with Gasteiger partial charge in [0.1, 0.15) is 11.6 Å². The second-order valence-corrected chi connectivity index (χ2v) is 6.74. The summed E-state index contributed by atoms with van der Waals surface area (Å²) < 4.78 is 2.13. The van der Waals surface area contributed by atoms with Crippen LogP contribution in [0.5, 0.6) is 0 Å². The van der Waals surface area contributed by atoms with Gasteiger partial charge in [-0.3, -0.25) is 4.79 Å². The Hall–Kier alpha value is -2.90. The van der Waals surface area contributed by atoms with E-state index in [0.717, 1.165) is 5.69 Å². The molecule has 3 aromatic rings. The van der Waals surface area contributed by atoms with Gasteiger partial charge in [-0.25, -0.2) is 4.68 Å². The van der Waals surface area contributed by atoms with E-state index in [2.05, 4.69) is 20.6 Å². The van der Waals surface area contributed by atoms with Crippen molar-refractivity contribution in [3.05, 3.63) is 42.1 Å². The summed E-state index contributed by atoms with van der Waals surface area (Å²) in [6.45, 7) is 0. The highest BCUT2D eigenvalue weighted by Crippen LogP contribution is 2.24. The molecule has 2 aromatic heterocycles. The molecule has 8 nitrogen and oxygen atoms in total. The minimum atomic E-state index is -0.275. The van der Waals surface area contributed by atoms with Gasteiger partial charge in [0, 0.05) is 0 Å². The van der Waals surface area contributed by atoms with Crippen molar-refractivity contribution in [3.8, 4) is 11.8 Å². The highest BCUT2D eigenvalue weighted by atomic mass is 32.2. The number of nitrogens with two attached hydrogens (primary N) is 1. The first-order valence-corrected chi connectivity index (χ1v) is 8.53. The van der Waals surface area contributed by atoms with E-state index < -0.39 is 0 Å². The lowest BCUT2D eigenvalue weighted by atomic mass is 10.3. The largest absolute Gasteiger partial charge is 0.374 e. The van der Waals surface area contributed by atoms with Crippen molar-refractivity contribution in [2.75, 3.05) is 16.8 Å². The number of hydrogen-bond donors (Lipinski definition) is 2. The minimum absolute atomic E-state index is 0.124. The van der Waals surface area contributed by atoms with Crippen LogP contribution in [0.1, 0.15) is 5.56 Å². The molecule has 0 saturated heterocycles. The minimum Gasteiger partial charge on any atom is -0.374 e. The molecular formula is C14H11N7OS2. The maximum absolute atomic E-state index is 12.2. The topological polar surface area (TPSA) is 123 Å². The molecule has 120 valence electrons. The van der Waals surface area contributed by atoms with E-state index in [0.29, 0.717) is 15.3 Å². The molecule has 3 rings (SSSR count). The standard InChI is InChI=1S/C14H11N7OS2/c15-6-9-7-17-21(10-4-2-1-3-5-10)12(9)18-11(22)8-23-14-20-19-13(16)24-14/h1-5,7H,8H2,(H2,16,19)(H,18,22). The van der Waals surface area contributed by atoms with E-state index in [1.165, 1.54) is 34.0 Å². The molecule has 0 spiro atoms. The van der Waals surface area contributed by atoms with Crippen molar-refractivity contribution >= 4 is 40.0 Å². The molecule has 0 fully saturated rings. The maximum Gasteiger partial charge on any atom is 0.236 e. The van der Waals surface area contributed by atoms with Crippen LogP contribution < -0.4 is 11.1 Å². The molecule has 0 unspecified atom stereocenters. The van der Waals surface area contributed by atoms with Crippen molar-refractivity contribution in [1.29, 1.82) is 5.26 Å². The molecule has 10 heteroatoms. The van der Waals surface area contributed by atoms with Crippen LogP contribution in [0.4, 0.5) is 10.9 Å². The summed E-state index contributed by atoms with van der Waals surface area (Å²) in [5, 5.41) is 24.0. The van der Waals surface area contributed by atoms with E-state index in [1.807, 2.05) is 36.4 Å². The first kappa shape index (κ1) is 16.0. The molecular weight excluding hydrogens is 346 g/mol. The first-order chi connectivity index (χ1) is 11.7. The lowest BCUT2D eigenvalue weighted by Gasteiger charge is -2.09. The van der Waals surface area contributed by atoms with E-state index in [-0.39, 0.29) is 17.2 Å². The van der Waals surface area contributed by atoms with Crippen LogP contribution in [0.2, 0.25) is 0 Å². The SMILES string of the molecule is N#Cc1cnn(-c2ccccc2)c1NC(=O)CSc1nnc(N)s1. The Morgan fingerprint density at radius 3 is 2.83 bits per heavy atom. The predicted octanol–water partition coefficient (Wildman–Crippen LogP) is 1.91. The van der Waals surface area contributed by atoms with Crippen LogP contribution >= 0.6 is 23.1 Å². The number of nitrogens with zero attached hydrogens (tertiary/aromatic N) is 5. The fourth-order valence-electron chi connectivity index (χ4n) is 1.89. The van der Waals surface area contributed by atoms with E-state index >= 15 is 0 Å². The second kappa shape index (κ2) is 7.12. The number of carbonyl (C=O) groups excluding carboxylic acids is 1. The number of nitrogens with one attached hydrogen (secondary N) is 1. The zero-order valence-electron chi connectivity index (χ0n) is 12.2. The smallest absolute Gasteiger partial charge is 0.236 e. The van der Waals surface area contributed by atoms with Crippen LogP contribution in [0, 0.1) is 11.3 Å². The third-order valence-electron chi connectivity index (χ3n) is 2.90. The quantitative estimate of drug-likeness (QED) is 0.669. The molecule has 0 radical (unpaired) electrons. The van der Waals surface area contributed by atoms with Crippen molar-refractivity contribution < 1.29 is 4.79 Å². The molecule has 0 saturated carbocycles. The van der Waals surface area contributed by atoms with Gasteiger partial charge < -0.3 is 11.1 Å². The van der Waals surface area contributed by atoms with Gasteiger partial charge in [-0.2, -0.15) is 10.4 Å². The molecule has 1 amide bonds. The summed E-state index contributed by atoms with van der Waals surface area (Å²) in [4.78, 5) is 12.2. The molecule has 3 N–H and O–H groups in total. The molecule has 0 aliphatic heterocycles. The third kappa shape index (κ3) is 3.53. The molecule has 1 aromatic carbocycles. The zero-order valence-corrected chi connectivity index (χ0v) is 13.8. The number of rotatable bonds is 5. The van der Waals surface area contributed by atoms with Crippen LogP contribution in [0.25, 0.3) is 5.69 Å². The van der Waals surface area contributed by atoms with Gasteiger partial charge in [0.05, 0.1) is 17.6 Å². The summed E-state index contributed by atoms with van der Waals surface area (Å²) in [5.74, 6) is 0.188. The summed E-state index contributed by atoms with van der Waals surface area (Å²) in [7, 11) is 0. The number of amides is 1. The van der Waals surface area contributed by atoms with Crippen molar-refractivity contribution in [3.63, 3.8) is 0 Å². The van der Waals surface area contributed by atoms with E-state index in [9.17, 15) is 10.1 Å². The number of anilines is 2. The van der Waals surface area contributed by atoms with E-state index in [4.69, 9.17) is 5.73 Å². The van der Waals surface area contributed by atoms with Crippen LogP contribution in [0.3, 0.4) is 0 Å². The molecule has 0 atom stereocenters. The van der Waals surface area contributed by atoms with Crippen molar-refractivity contribution in [2.24, 2.45) is 0 Å². The lowest BCUT2D eigenvalue weighted by Crippen LogP contribution is -2.17. The average Bonchev–Trinajstić information content (AvgIpc) is 3.20. The Morgan fingerprint density at radius 2 is 2.17 bits per heavy atom. The molecule has 0 bridgehead atoms. The number of thioether (sulfide) groups is 1. The normalized spacial score (nSPS) is 10.3. The molecule has 0 aliphatic rings. The van der Waals surface area contributed by atoms with E-state index in [1.54, 1.807) is 0 Å². The van der Waals surface area contributed by atoms with Gasteiger partial charge in [0.25, 0.3) is 0 Å². The Kier molecular flexibility index (Phi) is 4.74. The number of hydrogen-bond acceptors (Lipinski definition) is 8. The van der Waals surface area contributed by atoms with Crippen LogP contribution in [-0.2, 0) is 4.79 Å². The average molecular weight is 357 g/mol. The third-order valence-corrected chi connectivity index (χ3v) is 4.78. The highest BCUT2D eigenvalue weighted by Gasteiger charge is 2.15. The fourth-order valence-corrected chi connectivity index (χ4v) is 3.33. The van der Waals surface area contributed by atoms with Crippen molar-refractivity contribution in [1.82, 2.24) is 20.0 Å². The molecule has 0 aliphatic carbocycles. The Balaban J connectivity index is 1.75. The van der Waals surface area contributed by atoms with Gasteiger partial charge in [-0.15, -0.1) is 10.2 Å². The van der Waals surface area contributed by atoms with Gasteiger partial charge in [-0.05, 0) is 12.1 Å². The van der Waals surface area contributed by atoms with Gasteiger partial charge in [0.15, 0.2) is 10.2 Å². The zero-order chi connectivity index (χ0) is 16.9. The van der Waals surface area contributed by atoms with Crippen LogP contribution in [-0.4, -0.2) is 31.6 Å². The van der Waals surface area contributed by atoms with Gasteiger partial charge >= 0.3 is 0 Å². The number of para-hydroxylation sites is 1. The maximum atomic E-state index is 12.2. The highest BCUT2D eigenvalue weighted by molar-refractivity contribution is 8.01. The number of nitriles is 1. The number of nitrogen functional groups attached to an aromatic ring is 1. The summed E-state index contributed by atoms with van der Waals surface area (Å²) >= 11 is 2.44. The van der Waals surface area contributed by atoms with Crippen molar-refractivity contribution in [2.45, 2.75) is 4.34 Å². The van der Waals surface area contributed by atoms with Gasteiger partial charge in [-0.1, -0.05) is 41.3 Å². The Morgan fingerprint density at radius 1 is 1.38 bits per heavy atom. The summed E-state index contributed by atoms with van der Waals surface area (Å²) in [6, 6.07) is 11.3. The Labute approximate surface area is 145 Å². The Bertz CT molecular complexity index is 897. The second-order valence-electron chi connectivity index (χ2n) is 4.51. The fraction of sp³-hybridized carbons (Fsp3) is 0.0714. The number of benzene rings is 1. The number of aromatic nitrogens is 4. The molecule has 2 heterocycles. The predicted molar refractivity (Wildman–Crippen MR) is 92.0 cm³/mol. The lowest BCUT2D eigenvalue weighted by molar-refractivity contribution is -0.113. The van der Waals surface area contributed by atoms with Crippen LogP contribution in [0.15, 0.2) is 40.9 Å². The molecule has 24 heavy (non-hydrogen) atoms. The first-order valence-electron chi connectivity index (χ1n) is 6.72. The summed E-state index contributed by atoms with van der Waals surface area (Å²) in [5.41, 5.74) is 6.54. The summed E-state index contributed by atoms with van der Waals surface area (Å²) in [6.07, 6.45) is 1.42. The monoisotopic (exact) mass is 357 g/mol.